The highest BCUT2D eigenvalue weighted by molar-refractivity contribution is 5.50. The van der Waals surface area contributed by atoms with Crippen LogP contribution in [0.4, 0.5) is 5.82 Å². The lowest BCUT2D eigenvalue weighted by Gasteiger charge is -2.19. The molecule has 3 aromatic rings. The van der Waals surface area contributed by atoms with Crippen molar-refractivity contribution in [1.82, 2.24) is 19.7 Å². The predicted octanol–water partition coefficient (Wildman–Crippen LogP) is 3.78. The van der Waals surface area contributed by atoms with Crippen molar-refractivity contribution in [3.8, 4) is 17.3 Å². The van der Waals surface area contributed by atoms with E-state index >= 15 is 0 Å². The summed E-state index contributed by atoms with van der Waals surface area (Å²) < 4.78 is 12.6. The zero-order chi connectivity index (χ0) is 19.6. The third-order valence-electron chi connectivity index (χ3n) is 4.45. The average Bonchev–Trinajstić information content (AvgIpc) is 2.99. The Bertz CT molecular complexity index is 952. The molecule has 3 rings (SSSR count). The molecule has 1 atom stereocenters. The van der Waals surface area contributed by atoms with Crippen LogP contribution in [-0.4, -0.2) is 34.0 Å². The number of nitrogens with one attached hydrogen (secondary N) is 1. The Balaban J connectivity index is 1.88. The maximum Gasteiger partial charge on any atom is 0.174 e. The first-order valence-corrected chi connectivity index (χ1v) is 8.77. The summed E-state index contributed by atoms with van der Waals surface area (Å²) in [4.78, 5) is 8.97. The summed E-state index contributed by atoms with van der Waals surface area (Å²) >= 11 is 0. The van der Waals surface area contributed by atoms with Crippen LogP contribution in [0.1, 0.15) is 35.5 Å². The third kappa shape index (κ3) is 3.86. The number of nitrogens with zero attached hydrogens (tertiary/aromatic N) is 4. The number of aromatic nitrogens is 4. The minimum Gasteiger partial charge on any atom is -0.493 e. The molecule has 0 radical (unpaired) electrons. The molecule has 0 aliphatic carbocycles. The van der Waals surface area contributed by atoms with Crippen molar-refractivity contribution < 1.29 is 9.47 Å². The molecule has 2 aromatic heterocycles. The Kier molecular flexibility index (Phi) is 5.30. The van der Waals surface area contributed by atoms with E-state index in [1.54, 1.807) is 31.3 Å². The van der Waals surface area contributed by atoms with Crippen molar-refractivity contribution in [2.45, 2.75) is 33.7 Å². The molecule has 1 N–H and O–H groups in total. The number of methoxy groups -OCH3 is 2. The predicted molar refractivity (Wildman–Crippen MR) is 105 cm³/mol. The van der Waals surface area contributed by atoms with Gasteiger partial charge in [-0.3, -0.25) is 4.98 Å². The Hall–Kier alpha value is -3.09. The molecule has 0 aliphatic rings. The summed E-state index contributed by atoms with van der Waals surface area (Å²) in [5.41, 5.74) is 4.17. The summed E-state index contributed by atoms with van der Waals surface area (Å²) in [5, 5.41) is 7.88. The van der Waals surface area contributed by atoms with Gasteiger partial charge < -0.3 is 14.8 Å². The third-order valence-corrected chi connectivity index (χ3v) is 4.45. The molecule has 7 heteroatoms. The van der Waals surface area contributed by atoms with Crippen molar-refractivity contribution in [1.29, 1.82) is 0 Å². The van der Waals surface area contributed by atoms with Gasteiger partial charge in [-0.25, -0.2) is 9.67 Å². The van der Waals surface area contributed by atoms with Gasteiger partial charge >= 0.3 is 0 Å². The maximum absolute atomic E-state index is 5.43. The van der Waals surface area contributed by atoms with Crippen molar-refractivity contribution in [2.24, 2.45) is 0 Å². The lowest BCUT2D eigenvalue weighted by Crippen LogP contribution is -2.12. The van der Waals surface area contributed by atoms with E-state index in [2.05, 4.69) is 27.3 Å². The van der Waals surface area contributed by atoms with Crippen molar-refractivity contribution in [3.05, 3.63) is 53.1 Å². The molecular formula is C20H25N5O2. The SMILES string of the molecule is COc1cc(C)c(C(C)Nc2cncc(-n3nc(C)cc3C)n2)cc1OC. The van der Waals surface area contributed by atoms with E-state index in [1.807, 2.05) is 39.0 Å². The maximum atomic E-state index is 5.43. The molecule has 27 heavy (non-hydrogen) atoms. The zero-order valence-corrected chi connectivity index (χ0v) is 16.6. The molecule has 0 aliphatic heterocycles. The normalized spacial score (nSPS) is 11.9. The molecule has 1 unspecified atom stereocenters. The van der Waals surface area contributed by atoms with Gasteiger partial charge in [-0.15, -0.1) is 0 Å². The van der Waals surface area contributed by atoms with E-state index in [0.717, 1.165) is 28.3 Å². The van der Waals surface area contributed by atoms with E-state index in [1.165, 1.54) is 0 Å². The fourth-order valence-corrected chi connectivity index (χ4v) is 3.15. The van der Waals surface area contributed by atoms with Gasteiger partial charge in [0.15, 0.2) is 17.3 Å². The van der Waals surface area contributed by atoms with Crippen molar-refractivity contribution in [3.63, 3.8) is 0 Å². The largest absolute Gasteiger partial charge is 0.493 e. The summed E-state index contributed by atoms with van der Waals surface area (Å²) in [6, 6.07) is 5.99. The molecule has 0 saturated carbocycles. The summed E-state index contributed by atoms with van der Waals surface area (Å²) in [6.45, 7) is 8.08. The summed E-state index contributed by atoms with van der Waals surface area (Å²) in [5.74, 6) is 2.79. The topological polar surface area (TPSA) is 74.1 Å². The quantitative estimate of drug-likeness (QED) is 0.715. The van der Waals surface area contributed by atoms with Gasteiger partial charge in [0.25, 0.3) is 0 Å². The van der Waals surface area contributed by atoms with Crippen LogP contribution >= 0.6 is 0 Å². The number of benzene rings is 1. The van der Waals surface area contributed by atoms with Gasteiger partial charge in [-0.05, 0) is 57.0 Å². The van der Waals surface area contributed by atoms with Gasteiger partial charge in [-0.2, -0.15) is 5.10 Å². The van der Waals surface area contributed by atoms with Gasteiger partial charge in [0, 0.05) is 5.69 Å². The van der Waals surface area contributed by atoms with Gasteiger partial charge in [-0.1, -0.05) is 0 Å². The van der Waals surface area contributed by atoms with Crippen LogP contribution in [0.5, 0.6) is 11.5 Å². The minimum absolute atomic E-state index is 0.00908. The Labute approximate surface area is 159 Å². The Morgan fingerprint density at radius 2 is 1.70 bits per heavy atom. The number of ether oxygens (including phenoxy) is 2. The highest BCUT2D eigenvalue weighted by atomic mass is 16.5. The van der Waals surface area contributed by atoms with Crippen LogP contribution in [0.3, 0.4) is 0 Å². The number of hydrogen-bond acceptors (Lipinski definition) is 6. The van der Waals surface area contributed by atoms with Crippen molar-refractivity contribution >= 4 is 5.82 Å². The second-order valence-electron chi connectivity index (χ2n) is 6.53. The molecule has 0 saturated heterocycles. The molecule has 7 nitrogen and oxygen atoms in total. The first kappa shape index (κ1) is 18.7. The second kappa shape index (κ2) is 7.65. The molecule has 0 spiro atoms. The molecule has 2 heterocycles. The smallest absolute Gasteiger partial charge is 0.174 e. The number of hydrogen-bond donors (Lipinski definition) is 1. The van der Waals surface area contributed by atoms with Crippen LogP contribution in [0.2, 0.25) is 0 Å². The lowest BCUT2D eigenvalue weighted by molar-refractivity contribution is 0.354. The van der Waals surface area contributed by atoms with Crippen LogP contribution in [0.25, 0.3) is 5.82 Å². The van der Waals surface area contributed by atoms with Crippen LogP contribution in [0, 0.1) is 20.8 Å². The monoisotopic (exact) mass is 367 g/mol. The van der Waals surface area contributed by atoms with E-state index in [4.69, 9.17) is 9.47 Å². The van der Waals surface area contributed by atoms with Crippen LogP contribution in [0.15, 0.2) is 30.6 Å². The highest BCUT2D eigenvalue weighted by Crippen LogP contribution is 2.33. The van der Waals surface area contributed by atoms with Crippen LogP contribution in [-0.2, 0) is 0 Å². The first-order chi connectivity index (χ1) is 12.9. The van der Waals surface area contributed by atoms with E-state index in [9.17, 15) is 0 Å². The first-order valence-electron chi connectivity index (χ1n) is 8.77. The molecule has 0 amide bonds. The Morgan fingerprint density at radius 3 is 2.33 bits per heavy atom. The Morgan fingerprint density at radius 1 is 1.00 bits per heavy atom. The molecule has 1 aromatic carbocycles. The summed E-state index contributed by atoms with van der Waals surface area (Å²) in [7, 11) is 3.27. The zero-order valence-electron chi connectivity index (χ0n) is 16.6. The van der Waals surface area contributed by atoms with Gasteiger partial charge in [0.2, 0.25) is 0 Å². The van der Waals surface area contributed by atoms with Gasteiger partial charge in [0.05, 0.1) is 38.3 Å². The van der Waals surface area contributed by atoms with E-state index in [0.29, 0.717) is 17.4 Å². The number of rotatable bonds is 6. The van der Waals surface area contributed by atoms with Gasteiger partial charge in [0.1, 0.15) is 5.82 Å². The fraction of sp³-hybridized carbons (Fsp3) is 0.350. The summed E-state index contributed by atoms with van der Waals surface area (Å²) in [6.07, 6.45) is 3.42. The van der Waals surface area contributed by atoms with E-state index in [-0.39, 0.29) is 6.04 Å². The second-order valence-corrected chi connectivity index (χ2v) is 6.53. The molecule has 0 fully saturated rings. The molecular weight excluding hydrogens is 342 g/mol. The number of anilines is 1. The van der Waals surface area contributed by atoms with E-state index < -0.39 is 0 Å². The lowest BCUT2D eigenvalue weighted by atomic mass is 10.0. The minimum atomic E-state index is 0.00908. The average molecular weight is 367 g/mol. The number of aryl methyl sites for hydroxylation is 3. The fourth-order valence-electron chi connectivity index (χ4n) is 3.15. The standard InChI is InChI=1S/C20H25N5O2/c1-12-7-17(26-5)18(27-6)9-16(12)15(4)22-19-10-21-11-20(23-19)25-14(3)8-13(2)24-25/h7-11,15H,1-6H3,(H,22,23). The highest BCUT2D eigenvalue weighted by Gasteiger charge is 2.15. The molecule has 142 valence electrons. The van der Waals surface area contributed by atoms with Crippen LogP contribution < -0.4 is 14.8 Å². The molecule has 0 bridgehead atoms. The van der Waals surface area contributed by atoms with Crippen molar-refractivity contribution in [2.75, 3.05) is 19.5 Å².